The Bertz CT molecular complexity index is 501. The zero-order valence-corrected chi connectivity index (χ0v) is 10.2. The van der Waals surface area contributed by atoms with Gasteiger partial charge < -0.3 is 10.3 Å². The van der Waals surface area contributed by atoms with Crippen LogP contribution in [0.25, 0.3) is 11.5 Å². The maximum absolute atomic E-state index is 6.03. The van der Waals surface area contributed by atoms with Gasteiger partial charge in [-0.1, -0.05) is 16.8 Å². The summed E-state index contributed by atoms with van der Waals surface area (Å²) in [5, 5.41) is 4.40. The maximum Gasteiger partial charge on any atom is 0.259 e. The molecule has 4 nitrogen and oxygen atoms in total. The average Bonchev–Trinajstić information content (AvgIpc) is 2.71. The van der Waals surface area contributed by atoms with Crippen LogP contribution in [0.4, 0.5) is 5.69 Å². The molecule has 0 saturated heterocycles. The topological polar surface area (TPSA) is 64.9 Å². The lowest BCUT2D eigenvalue weighted by atomic mass is 10.2. The van der Waals surface area contributed by atoms with E-state index in [2.05, 4.69) is 10.1 Å². The van der Waals surface area contributed by atoms with Gasteiger partial charge in [0.25, 0.3) is 5.89 Å². The molecule has 0 aliphatic rings. The van der Waals surface area contributed by atoms with Crippen LogP contribution in [0.5, 0.6) is 0 Å². The van der Waals surface area contributed by atoms with Crippen LogP contribution in [-0.4, -0.2) is 16.4 Å². The second-order valence-electron chi connectivity index (χ2n) is 3.19. The first-order chi connectivity index (χ1) is 7.70. The molecule has 0 amide bonds. The number of aromatic nitrogens is 2. The maximum atomic E-state index is 6.03. The van der Waals surface area contributed by atoms with Crippen LogP contribution in [0.15, 0.2) is 22.7 Å². The van der Waals surface area contributed by atoms with E-state index in [9.17, 15) is 0 Å². The fraction of sp³-hybridized carbons (Fsp3) is 0.200. The molecule has 0 radical (unpaired) electrons. The molecule has 1 heterocycles. The summed E-state index contributed by atoms with van der Waals surface area (Å²) >= 11 is 7.66. The molecule has 6 heteroatoms. The van der Waals surface area contributed by atoms with E-state index < -0.39 is 0 Å². The highest BCUT2D eigenvalue weighted by atomic mass is 35.5. The van der Waals surface area contributed by atoms with Gasteiger partial charge in [-0.25, -0.2) is 0 Å². The van der Waals surface area contributed by atoms with Gasteiger partial charge in [-0.3, -0.25) is 0 Å². The van der Waals surface area contributed by atoms with Crippen molar-refractivity contribution in [3.8, 4) is 11.5 Å². The van der Waals surface area contributed by atoms with Crippen molar-refractivity contribution in [2.45, 2.75) is 5.75 Å². The molecule has 0 atom stereocenters. The Morgan fingerprint density at radius 1 is 1.50 bits per heavy atom. The lowest BCUT2D eigenvalue weighted by molar-refractivity contribution is 0.425. The van der Waals surface area contributed by atoms with Crippen molar-refractivity contribution in [1.29, 1.82) is 0 Å². The van der Waals surface area contributed by atoms with Gasteiger partial charge >= 0.3 is 0 Å². The van der Waals surface area contributed by atoms with Crippen LogP contribution in [0.3, 0.4) is 0 Å². The van der Waals surface area contributed by atoms with Crippen LogP contribution < -0.4 is 5.73 Å². The van der Waals surface area contributed by atoms with Crippen molar-refractivity contribution in [3.63, 3.8) is 0 Å². The first-order valence-electron chi connectivity index (χ1n) is 4.57. The average molecular weight is 256 g/mol. The lowest BCUT2D eigenvalue weighted by Crippen LogP contribution is -1.87. The number of hydrogen-bond acceptors (Lipinski definition) is 5. The summed E-state index contributed by atoms with van der Waals surface area (Å²) < 4.78 is 5.12. The smallest absolute Gasteiger partial charge is 0.259 e. The van der Waals surface area contributed by atoms with E-state index in [1.807, 2.05) is 6.26 Å². The standard InChI is InChI=1S/C10H10ClN3OS/c1-16-5-9-13-10(15-14-9)7-4-6(12)2-3-8(7)11/h2-4H,5,12H2,1H3. The molecule has 0 aliphatic heterocycles. The molecule has 84 valence electrons. The number of halogens is 1. The minimum atomic E-state index is 0.404. The van der Waals surface area contributed by atoms with Gasteiger partial charge in [-0.15, -0.1) is 0 Å². The van der Waals surface area contributed by atoms with Crippen LogP contribution in [-0.2, 0) is 5.75 Å². The number of anilines is 1. The fourth-order valence-electron chi connectivity index (χ4n) is 1.26. The molecule has 2 rings (SSSR count). The molecule has 0 fully saturated rings. The zero-order chi connectivity index (χ0) is 11.5. The zero-order valence-electron chi connectivity index (χ0n) is 8.61. The summed E-state index contributed by atoms with van der Waals surface area (Å²) in [7, 11) is 0. The first kappa shape index (κ1) is 11.3. The summed E-state index contributed by atoms with van der Waals surface area (Å²) in [6.45, 7) is 0. The van der Waals surface area contributed by atoms with E-state index in [0.717, 1.165) is 0 Å². The summed E-state index contributed by atoms with van der Waals surface area (Å²) in [6.07, 6.45) is 1.98. The number of nitrogen functional groups attached to an aromatic ring is 1. The van der Waals surface area contributed by atoms with Crippen LogP contribution in [0, 0.1) is 0 Å². The van der Waals surface area contributed by atoms with Gasteiger partial charge in [-0.05, 0) is 24.5 Å². The Morgan fingerprint density at radius 3 is 3.06 bits per heavy atom. The minimum Gasteiger partial charge on any atom is -0.399 e. The molecule has 16 heavy (non-hydrogen) atoms. The van der Waals surface area contributed by atoms with E-state index in [0.29, 0.717) is 33.7 Å². The molecular weight excluding hydrogens is 246 g/mol. The Balaban J connectivity index is 2.38. The van der Waals surface area contributed by atoms with Crippen molar-refractivity contribution in [1.82, 2.24) is 10.1 Å². The Kier molecular flexibility index (Phi) is 3.36. The third kappa shape index (κ3) is 2.31. The fourth-order valence-corrected chi connectivity index (χ4v) is 1.83. The molecule has 0 unspecified atom stereocenters. The number of thioether (sulfide) groups is 1. The highest BCUT2D eigenvalue weighted by molar-refractivity contribution is 7.97. The molecule has 2 aromatic rings. The van der Waals surface area contributed by atoms with E-state index in [1.165, 1.54) is 0 Å². The third-order valence-electron chi connectivity index (χ3n) is 1.96. The van der Waals surface area contributed by atoms with Gasteiger partial charge in [-0.2, -0.15) is 16.7 Å². The van der Waals surface area contributed by atoms with Crippen molar-refractivity contribution in [3.05, 3.63) is 29.0 Å². The second-order valence-corrected chi connectivity index (χ2v) is 4.46. The van der Waals surface area contributed by atoms with Crippen LogP contribution in [0.2, 0.25) is 5.02 Å². The largest absolute Gasteiger partial charge is 0.399 e. The first-order valence-corrected chi connectivity index (χ1v) is 6.35. The molecule has 1 aromatic carbocycles. The Morgan fingerprint density at radius 2 is 2.31 bits per heavy atom. The predicted octanol–water partition coefficient (Wildman–Crippen LogP) is 2.84. The lowest BCUT2D eigenvalue weighted by Gasteiger charge is -1.99. The van der Waals surface area contributed by atoms with Gasteiger partial charge in [0.2, 0.25) is 0 Å². The molecule has 0 saturated carbocycles. The number of rotatable bonds is 3. The number of nitrogens with zero attached hydrogens (tertiary/aromatic N) is 2. The van der Waals surface area contributed by atoms with Gasteiger partial charge in [0.15, 0.2) is 5.82 Å². The third-order valence-corrected chi connectivity index (χ3v) is 2.84. The van der Waals surface area contributed by atoms with Crippen LogP contribution >= 0.6 is 23.4 Å². The van der Waals surface area contributed by atoms with Gasteiger partial charge in [0.05, 0.1) is 16.3 Å². The molecule has 0 aliphatic carbocycles. The second kappa shape index (κ2) is 4.76. The molecule has 0 bridgehead atoms. The van der Waals surface area contributed by atoms with Gasteiger partial charge in [0.1, 0.15) is 0 Å². The van der Waals surface area contributed by atoms with E-state index in [4.69, 9.17) is 21.9 Å². The summed E-state index contributed by atoms with van der Waals surface area (Å²) in [5.74, 6) is 1.77. The monoisotopic (exact) mass is 255 g/mol. The van der Waals surface area contributed by atoms with E-state index in [-0.39, 0.29) is 0 Å². The van der Waals surface area contributed by atoms with Crippen molar-refractivity contribution in [2.24, 2.45) is 0 Å². The summed E-state index contributed by atoms with van der Waals surface area (Å²) in [5.41, 5.74) is 6.96. The quantitative estimate of drug-likeness (QED) is 0.855. The summed E-state index contributed by atoms with van der Waals surface area (Å²) in [4.78, 5) is 4.23. The Labute approximate surface area is 102 Å². The molecule has 2 N–H and O–H groups in total. The SMILES string of the molecule is CSCc1noc(-c2cc(N)ccc2Cl)n1. The number of hydrogen-bond donors (Lipinski definition) is 1. The normalized spacial score (nSPS) is 10.6. The predicted molar refractivity (Wildman–Crippen MR) is 66.4 cm³/mol. The minimum absolute atomic E-state index is 0.404. The highest BCUT2D eigenvalue weighted by Crippen LogP contribution is 2.28. The van der Waals surface area contributed by atoms with E-state index >= 15 is 0 Å². The molecule has 1 aromatic heterocycles. The summed E-state index contributed by atoms with van der Waals surface area (Å²) in [6, 6.07) is 5.16. The van der Waals surface area contributed by atoms with Crippen LogP contribution in [0.1, 0.15) is 5.82 Å². The van der Waals surface area contributed by atoms with Crippen molar-refractivity contribution < 1.29 is 4.52 Å². The Hall–Kier alpha value is -1.20. The number of nitrogens with two attached hydrogens (primary N) is 1. The molecule has 0 spiro atoms. The van der Waals surface area contributed by atoms with Crippen molar-refractivity contribution in [2.75, 3.05) is 12.0 Å². The number of benzene rings is 1. The van der Waals surface area contributed by atoms with E-state index in [1.54, 1.807) is 30.0 Å². The molecular formula is C10H10ClN3OS. The van der Waals surface area contributed by atoms with Gasteiger partial charge in [0, 0.05) is 5.69 Å². The van der Waals surface area contributed by atoms with Crippen molar-refractivity contribution >= 4 is 29.1 Å². The highest BCUT2D eigenvalue weighted by Gasteiger charge is 2.12.